The Bertz CT molecular complexity index is 830. The molecule has 0 amide bonds. The fraction of sp³-hybridized carbons (Fsp3) is 0.350. The van der Waals surface area contributed by atoms with Crippen LogP contribution < -0.4 is 0 Å². The Hall–Kier alpha value is -2.05. The molecule has 0 aromatic heterocycles. The Labute approximate surface area is 138 Å². The zero-order chi connectivity index (χ0) is 16.7. The van der Waals surface area contributed by atoms with Gasteiger partial charge in [-0.1, -0.05) is 49.8 Å². The van der Waals surface area contributed by atoms with Crippen molar-refractivity contribution in [2.45, 2.75) is 37.9 Å². The van der Waals surface area contributed by atoms with Gasteiger partial charge >= 0.3 is 5.97 Å². The molecule has 1 fully saturated rings. The number of rotatable bonds is 2. The Morgan fingerprint density at radius 2 is 1.74 bits per heavy atom. The van der Waals surface area contributed by atoms with Gasteiger partial charge in [-0.3, -0.25) is 4.79 Å². The number of esters is 1. The molecule has 0 heterocycles. The van der Waals surface area contributed by atoms with Crippen molar-refractivity contribution in [2.75, 3.05) is 7.11 Å². The number of hydrogen-bond acceptors (Lipinski definition) is 2. The minimum Gasteiger partial charge on any atom is -0.468 e. The molecule has 3 heteroatoms. The van der Waals surface area contributed by atoms with Crippen LogP contribution in [-0.2, 0) is 14.9 Å². The van der Waals surface area contributed by atoms with Gasteiger partial charge in [-0.05, 0) is 41.3 Å². The molecule has 0 atom stereocenters. The SMILES string of the molecule is COC(=O)C1(c2ccc3cc(C#C[Si](C)(C)C)ccc3c2)CC1. The monoisotopic (exact) mass is 322 g/mol. The van der Waals surface area contributed by atoms with E-state index in [-0.39, 0.29) is 5.97 Å². The van der Waals surface area contributed by atoms with Gasteiger partial charge in [0, 0.05) is 5.56 Å². The Morgan fingerprint density at radius 3 is 2.35 bits per heavy atom. The lowest BCUT2D eigenvalue weighted by atomic mass is 9.93. The van der Waals surface area contributed by atoms with Gasteiger partial charge < -0.3 is 4.74 Å². The molecule has 0 radical (unpaired) electrons. The highest BCUT2D eigenvalue weighted by Gasteiger charge is 2.52. The molecule has 1 aliphatic rings. The van der Waals surface area contributed by atoms with Crippen molar-refractivity contribution in [3.63, 3.8) is 0 Å². The lowest BCUT2D eigenvalue weighted by Crippen LogP contribution is -2.21. The zero-order valence-electron chi connectivity index (χ0n) is 14.2. The summed E-state index contributed by atoms with van der Waals surface area (Å²) in [5, 5.41) is 2.31. The highest BCUT2D eigenvalue weighted by molar-refractivity contribution is 6.83. The molecule has 118 valence electrons. The van der Waals surface area contributed by atoms with Crippen LogP contribution >= 0.6 is 0 Å². The standard InChI is InChI=1S/C20H22O2Si/c1-22-19(21)20(10-11-20)18-8-7-16-13-15(5-6-17(16)14-18)9-12-23(2,3)4/h5-8,13-14H,10-11H2,1-4H3. The predicted molar refractivity (Wildman–Crippen MR) is 97.1 cm³/mol. The lowest BCUT2D eigenvalue weighted by Gasteiger charge is -2.13. The summed E-state index contributed by atoms with van der Waals surface area (Å²) in [6, 6.07) is 12.6. The van der Waals surface area contributed by atoms with Crippen molar-refractivity contribution in [1.29, 1.82) is 0 Å². The summed E-state index contributed by atoms with van der Waals surface area (Å²) >= 11 is 0. The normalized spacial score (nSPS) is 15.7. The zero-order valence-corrected chi connectivity index (χ0v) is 15.2. The average molecular weight is 322 g/mol. The number of methoxy groups -OCH3 is 1. The number of carbonyl (C=O) groups is 1. The Kier molecular flexibility index (Phi) is 3.81. The first-order valence-corrected chi connectivity index (χ1v) is 11.5. The third-order valence-electron chi connectivity index (χ3n) is 4.30. The summed E-state index contributed by atoms with van der Waals surface area (Å²) in [6.07, 6.45) is 1.76. The molecule has 2 aromatic carbocycles. The minimum absolute atomic E-state index is 0.116. The minimum atomic E-state index is -1.36. The Balaban J connectivity index is 1.97. The summed E-state index contributed by atoms with van der Waals surface area (Å²) in [5.74, 6) is 3.18. The second-order valence-electron chi connectivity index (χ2n) is 7.35. The molecule has 0 bridgehead atoms. The highest BCUT2D eigenvalue weighted by atomic mass is 28.3. The first-order valence-electron chi connectivity index (χ1n) is 8.00. The molecule has 0 saturated heterocycles. The van der Waals surface area contributed by atoms with Crippen molar-refractivity contribution in [2.24, 2.45) is 0 Å². The van der Waals surface area contributed by atoms with E-state index in [1.165, 1.54) is 7.11 Å². The smallest absolute Gasteiger partial charge is 0.316 e. The van der Waals surface area contributed by atoms with Crippen LogP contribution in [0.3, 0.4) is 0 Å². The molecular formula is C20H22O2Si. The van der Waals surface area contributed by atoms with Crippen LogP contribution in [0, 0.1) is 11.5 Å². The summed E-state index contributed by atoms with van der Waals surface area (Å²) in [7, 11) is 0.103. The van der Waals surface area contributed by atoms with E-state index in [4.69, 9.17) is 4.74 Å². The fourth-order valence-electron chi connectivity index (χ4n) is 2.81. The van der Waals surface area contributed by atoms with Crippen molar-refractivity contribution >= 4 is 24.8 Å². The average Bonchev–Trinajstić information content (AvgIpc) is 3.32. The van der Waals surface area contributed by atoms with Crippen LogP contribution in [0.5, 0.6) is 0 Å². The molecule has 0 unspecified atom stereocenters. The quantitative estimate of drug-likeness (QED) is 0.469. The topological polar surface area (TPSA) is 26.3 Å². The number of carbonyl (C=O) groups excluding carboxylic acids is 1. The second kappa shape index (κ2) is 5.54. The van der Waals surface area contributed by atoms with Crippen LogP contribution in [0.25, 0.3) is 10.8 Å². The van der Waals surface area contributed by atoms with E-state index in [2.05, 4.69) is 67.5 Å². The lowest BCUT2D eigenvalue weighted by molar-refractivity contribution is -0.143. The highest BCUT2D eigenvalue weighted by Crippen LogP contribution is 2.49. The Morgan fingerprint density at radius 1 is 1.09 bits per heavy atom. The van der Waals surface area contributed by atoms with Gasteiger partial charge in [0.15, 0.2) is 0 Å². The maximum atomic E-state index is 12.0. The van der Waals surface area contributed by atoms with Crippen LogP contribution in [-0.4, -0.2) is 21.2 Å². The van der Waals surface area contributed by atoms with E-state index >= 15 is 0 Å². The molecule has 1 aliphatic carbocycles. The summed E-state index contributed by atoms with van der Waals surface area (Å²) in [6.45, 7) is 6.74. The largest absolute Gasteiger partial charge is 0.468 e. The van der Waals surface area contributed by atoms with E-state index in [9.17, 15) is 4.79 Å². The van der Waals surface area contributed by atoms with Crippen molar-refractivity contribution in [1.82, 2.24) is 0 Å². The van der Waals surface area contributed by atoms with Gasteiger partial charge in [-0.2, -0.15) is 0 Å². The molecule has 2 aromatic rings. The van der Waals surface area contributed by atoms with Gasteiger partial charge in [0.05, 0.1) is 12.5 Å². The summed E-state index contributed by atoms with van der Waals surface area (Å²) in [5.41, 5.74) is 5.12. The van der Waals surface area contributed by atoms with E-state index in [1.54, 1.807) is 0 Å². The first kappa shape index (κ1) is 15.8. The number of benzene rings is 2. The van der Waals surface area contributed by atoms with Crippen LogP contribution in [0.4, 0.5) is 0 Å². The molecule has 1 saturated carbocycles. The van der Waals surface area contributed by atoms with Crippen molar-refractivity contribution in [3.8, 4) is 11.5 Å². The van der Waals surface area contributed by atoms with Crippen molar-refractivity contribution in [3.05, 3.63) is 47.5 Å². The third kappa shape index (κ3) is 3.18. The maximum absolute atomic E-state index is 12.0. The molecule has 0 aliphatic heterocycles. The predicted octanol–water partition coefficient (Wildman–Crippen LogP) is 4.27. The summed E-state index contributed by atoms with van der Waals surface area (Å²) in [4.78, 5) is 12.0. The van der Waals surface area contributed by atoms with Gasteiger partial charge in [0.25, 0.3) is 0 Å². The van der Waals surface area contributed by atoms with E-state index in [1.807, 2.05) is 0 Å². The van der Waals surface area contributed by atoms with Crippen LogP contribution in [0.2, 0.25) is 19.6 Å². The molecular weight excluding hydrogens is 300 g/mol. The third-order valence-corrected chi connectivity index (χ3v) is 5.18. The van der Waals surface area contributed by atoms with Crippen LogP contribution in [0.15, 0.2) is 36.4 Å². The van der Waals surface area contributed by atoms with E-state index < -0.39 is 13.5 Å². The van der Waals surface area contributed by atoms with Crippen LogP contribution in [0.1, 0.15) is 24.0 Å². The van der Waals surface area contributed by atoms with Crippen molar-refractivity contribution < 1.29 is 9.53 Å². The molecule has 0 spiro atoms. The van der Waals surface area contributed by atoms with E-state index in [0.717, 1.165) is 34.7 Å². The summed E-state index contributed by atoms with van der Waals surface area (Å²) < 4.78 is 4.97. The maximum Gasteiger partial charge on any atom is 0.316 e. The van der Waals surface area contributed by atoms with Gasteiger partial charge in [-0.25, -0.2) is 0 Å². The molecule has 2 nitrogen and oxygen atoms in total. The molecule has 3 rings (SSSR count). The number of fused-ring (bicyclic) bond motifs is 1. The van der Waals surface area contributed by atoms with Gasteiger partial charge in [0.1, 0.15) is 8.07 Å². The number of ether oxygens (including phenoxy) is 1. The first-order chi connectivity index (χ1) is 10.8. The second-order valence-corrected chi connectivity index (χ2v) is 12.1. The molecule has 0 N–H and O–H groups in total. The van der Waals surface area contributed by atoms with Gasteiger partial charge in [-0.15, -0.1) is 5.54 Å². The van der Waals surface area contributed by atoms with Gasteiger partial charge in [0.2, 0.25) is 0 Å². The fourth-order valence-corrected chi connectivity index (χ4v) is 3.33. The molecule has 23 heavy (non-hydrogen) atoms. The number of hydrogen-bond donors (Lipinski definition) is 0. The van der Waals surface area contributed by atoms with E-state index in [0.29, 0.717) is 0 Å².